The number of nitrogens with zero attached hydrogens (tertiary/aromatic N) is 2. The fourth-order valence-electron chi connectivity index (χ4n) is 4.81. The van der Waals surface area contributed by atoms with Crippen LogP contribution in [-0.4, -0.2) is 33.1 Å². The van der Waals surface area contributed by atoms with Gasteiger partial charge in [0.15, 0.2) is 6.10 Å². The van der Waals surface area contributed by atoms with E-state index in [0.717, 1.165) is 60.4 Å². The second kappa shape index (κ2) is 8.07. The lowest BCUT2D eigenvalue weighted by Gasteiger charge is -2.26. The van der Waals surface area contributed by atoms with E-state index in [0.29, 0.717) is 5.69 Å². The maximum Gasteiger partial charge on any atom is 0.339 e. The van der Waals surface area contributed by atoms with Gasteiger partial charge >= 0.3 is 5.97 Å². The summed E-state index contributed by atoms with van der Waals surface area (Å²) in [5, 5.41) is 15.0. The molecule has 2 aliphatic rings. The summed E-state index contributed by atoms with van der Waals surface area (Å²) < 4.78 is 13.6. The molecule has 0 radical (unpaired) electrons. The van der Waals surface area contributed by atoms with Crippen LogP contribution in [0.1, 0.15) is 76.9 Å². The minimum atomic E-state index is -1.13. The van der Waals surface area contributed by atoms with E-state index in [1.165, 1.54) is 5.57 Å². The van der Waals surface area contributed by atoms with Crippen LogP contribution in [0.3, 0.4) is 0 Å². The summed E-state index contributed by atoms with van der Waals surface area (Å²) in [6.07, 6.45) is 5.08. The van der Waals surface area contributed by atoms with E-state index in [9.17, 15) is 9.90 Å². The summed E-state index contributed by atoms with van der Waals surface area (Å²) in [6.45, 7) is 10.8. The Morgan fingerprint density at radius 3 is 2.69 bits per heavy atom. The Balaban J connectivity index is 1.96. The third-order valence-corrected chi connectivity index (χ3v) is 6.33. The monoisotopic (exact) mass is 438 g/mol. The molecule has 1 aliphatic heterocycles. The molecule has 1 unspecified atom stereocenters. The number of fused-ring (bicyclic) bond motifs is 1. The van der Waals surface area contributed by atoms with Crippen molar-refractivity contribution in [3.63, 3.8) is 0 Å². The van der Waals surface area contributed by atoms with Crippen LogP contribution in [0.4, 0.5) is 0 Å². The second-order valence-corrected chi connectivity index (χ2v) is 10.5. The first-order valence-electron chi connectivity index (χ1n) is 11.4. The highest BCUT2D eigenvalue weighted by atomic mass is 16.5. The largest absolute Gasteiger partial charge is 0.493 e. The summed E-state index contributed by atoms with van der Waals surface area (Å²) in [5.41, 5.74) is 4.90. The molecule has 6 nitrogen and oxygen atoms in total. The van der Waals surface area contributed by atoms with Gasteiger partial charge in [-0.1, -0.05) is 26.0 Å². The predicted molar refractivity (Wildman–Crippen MR) is 125 cm³/mol. The normalized spacial score (nSPS) is 18.6. The van der Waals surface area contributed by atoms with E-state index < -0.39 is 17.7 Å². The average molecular weight is 439 g/mol. The zero-order valence-corrected chi connectivity index (χ0v) is 20.0. The number of allylic oxidation sites excluding steroid dienone is 2. The lowest BCUT2D eigenvalue weighted by Crippen LogP contribution is -2.29. The lowest BCUT2D eigenvalue weighted by atomic mass is 9.81. The van der Waals surface area contributed by atoms with E-state index in [4.69, 9.17) is 14.6 Å². The maximum absolute atomic E-state index is 12.4. The Morgan fingerprint density at radius 1 is 1.31 bits per heavy atom. The van der Waals surface area contributed by atoms with Crippen molar-refractivity contribution in [2.24, 2.45) is 12.5 Å². The standard InChI is InChI=1S/C26H34N2O4/c1-25(2,3)32-23(24(29)30)22-20(17-11-12-19-16(15-17)9-8-14-31-19)21(27-28(22)6)18-10-7-13-26(18,4)5/h10-12,15,23H,7-9,13-14H2,1-6H3,(H,29,30). The number of ether oxygens (including phenoxy) is 2. The molecule has 1 aromatic heterocycles. The molecule has 1 N–H and O–H groups in total. The summed E-state index contributed by atoms with van der Waals surface area (Å²) in [6, 6.07) is 6.16. The SMILES string of the molecule is Cn1nc(C2=CCCC2(C)C)c(-c2ccc3c(c2)CCCO3)c1C(OC(C)(C)C)C(=O)O. The zero-order valence-electron chi connectivity index (χ0n) is 20.0. The first-order chi connectivity index (χ1) is 15.0. The Labute approximate surface area is 190 Å². The molecule has 1 atom stereocenters. The lowest BCUT2D eigenvalue weighted by molar-refractivity contribution is -0.161. The quantitative estimate of drug-likeness (QED) is 0.662. The van der Waals surface area contributed by atoms with E-state index in [2.05, 4.69) is 26.0 Å². The van der Waals surface area contributed by atoms with Crippen molar-refractivity contribution in [3.05, 3.63) is 41.2 Å². The van der Waals surface area contributed by atoms with E-state index in [-0.39, 0.29) is 5.41 Å². The van der Waals surface area contributed by atoms with Gasteiger partial charge in [-0.15, -0.1) is 0 Å². The molecule has 4 rings (SSSR count). The van der Waals surface area contributed by atoms with Crippen molar-refractivity contribution in [2.45, 2.75) is 72.0 Å². The first-order valence-corrected chi connectivity index (χ1v) is 11.4. The van der Waals surface area contributed by atoms with Crippen LogP contribution < -0.4 is 4.74 Å². The van der Waals surface area contributed by atoms with Gasteiger partial charge in [-0.05, 0) is 80.7 Å². The molecule has 1 aliphatic carbocycles. The highest BCUT2D eigenvalue weighted by Gasteiger charge is 2.38. The fourth-order valence-corrected chi connectivity index (χ4v) is 4.81. The molecular weight excluding hydrogens is 404 g/mol. The third kappa shape index (κ3) is 4.20. The predicted octanol–water partition coefficient (Wildman–Crippen LogP) is 5.56. The van der Waals surface area contributed by atoms with Gasteiger partial charge in [0.05, 0.1) is 23.6 Å². The number of hydrogen-bond acceptors (Lipinski definition) is 4. The summed E-state index contributed by atoms with van der Waals surface area (Å²) in [5.74, 6) is -0.107. The molecule has 0 saturated carbocycles. The minimum Gasteiger partial charge on any atom is -0.493 e. The van der Waals surface area contributed by atoms with Crippen molar-refractivity contribution >= 4 is 11.5 Å². The molecule has 6 heteroatoms. The molecule has 0 fully saturated rings. The Bertz CT molecular complexity index is 1070. The van der Waals surface area contributed by atoms with Gasteiger partial charge in [-0.3, -0.25) is 4.68 Å². The van der Waals surface area contributed by atoms with Crippen LogP contribution in [0.25, 0.3) is 16.7 Å². The van der Waals surface area contributed by atoms with Crippen molar-refractivity contribution in [1.82, 2.24) is 9.78 Å². The van der Waals surface area contributed by atoms with Gasteiger partial charge in [0.2, 0.25) is 0 Å². The first kappa shape index (κ1) is 22.6. The van der Waals surface area contributed by atoms with Gasteiger partial charge in [0, 0.05) is 12.6 Å². The van der Waals surface area contributed by atoms with Gasteiger partial charge in [0.25, 0.3) is 0 Å². The van der Waals surface area contributed by atoms with Crippen molar-refractivity contribution in [3.8, 4) is 16.9 Å². The number of aryl methyl sites for hydroxylation is 2. The Hall–Kier alpha value is -2.60. The number of carbonyl (C=O) groups is 1. The molecule has 1 aromatic carbocycles. The van der Waals surface area contributed by atoms with Gasteiger partial charge in [-0.25, -0.2) is 4.79 Å². The van der Waals surface area contributed by atoms with E-state index in [1.807, 2.05) is 40.0 Å². The summed E-state index contributed by atoms with van der Waals surface area (Å²) in [4.78, 5) is 12.4. The second-order valence-electron chi connectivity index (χ2n) is 10.5. The molecular formula is C26H34N2O4. The van der Waals surface area contributed by atoms with Crippen molar-refractivity contribution < 1.29 is 19.4 Å². The molecule has 0 spiro atoms. The highest BCUT2D eigenvalue weighted by molar-refractivity contribution is 5.87. The molecule has 172 valence electrons. The van der Waals surface area contributed by atoms with Gasteiger partial charge in [0.1, 0.15) is 5.75 Å². The number of hydrogen-bond donors (Lipinski definition) is 1. The van der Waals surface area contributed by atoms with Crippen LogP contribution in [0, 0.1) is 5.41 Å². The number of carboxylic acid groups (broad SMARTS) is 1. The van der Waals surface area contributed by atoms with Gasteiger partial charge < -0.3 is 14.6 Å². The fraction of sp³-hybridized carbons (Fsp3) is 0.538. The van der Waals surface area contributed by atoms with Crippen LogP contribution in [0.15, 0.2) is 24.3 Å². The van der Waals surface area contributed by atoms with Crippen molar-refractivity contribution in [2.75, 3.05) is 6.61 Å². The molecule has 0 saturated heterocycles. The number of aliphatic carboxylic acids is 1. The topological polar surface area (TPSA) is 73.6 Å². The van der Waals surface area contributed by atoms with E-state index >= 15 is 0 Å². The van der Waals surface area contributed by atoms with E-state index in [1.54, 1.807) is 4.68 Å². The molecule has 32 heavy (non-hydrogen) atoms. The van der Waals surface area contributed by atoms with Gasteiger partial charge in [-0.2, -0.15) is 5.10 Å². The summed E-state index contributed by atoms with van der Waals surface area (Å²) in [7, 11) is 1.81. The minimum absolute atomic E-state index is 0.0265. The number of aromatic nitrogens is 2. The van der Waals surface area contributed by atoms with Crippen molar-refractivity contribution in [1.29, 1.82) is 0 Å². The highest BCUT2D eigenvalue weighted by Crippen LogP contribution is 2.48. The molecule has 2 heterocycles. The van der Waals surface area contributed by atoms with Crippen LogP contribution in [0.2, 0.25) is 0 Å². The molecule has 0 amide bonds. The average Bonchev–Trinajstić information content (AvgIpc) is 3.23. The van der Waals surface area contributed by atoms with Crippen LogP contribution in [-0.2, 0) is 23.0 Å². The molecule has 0 bridgehead atoms. The summed E-state index contributed by atoms with van der Waals surface area (Å²) >= 11 is 0. The third-order valence-electron chi connectivity index (χ3n) is 6.33. The Kier molecular flexibility index (Phi) is 5.70. The number of benzene rings is 1. The van der Waals surface area contributed by atoms with Crippen LogP contribution in [0.5, 0.6) is 5.75 Å². The zero-order chi connectivity index (χ0) is 23.3. The smallest absolute Gasteiger partial charge is 0.339 e. The molecule has 2 aromatic rings. The Morgan fingerprint density at radius 2 is 2.06 bits per heavy atom. The number of carboxylic acids is 1. The maximum atomic E-state index is 12.4. The number of rotatable bonds is 5. The van der Waals surface area contributed by atoms with Crippen LogP contribution >= 0.6 is 0 Å².